The summed E-state index contributed by atoms with van der Waals surface area (Å²) >= 11 is 8.96. The van der Waals surface area contributed by atoms with Gasteiger partial charge in [0.1, 0.15) is 0 Å². The Morgan fingerprint density at radius 2 is 2.14 bits per heavy atom. The molecule has 0 bridgehead atoms. The summed E-state index contributed by atoms with van der Waals surface area (Å²) in [6.07, 6.45) is 0. The highest BCUT2D eigenvalue weighted by Gasteiger charge is 2.07. The second-order valence-electron chi connectivity index (χ2n) is 2.89. The van der Waals surface area contributed by atoms with Crippen LogP contribution in [0.15, 0.2) is 27.2 Å². The Kier molecular flexibility index (Phi) is 2.56. The molecule has 0 atom stereocenters. The van der Waals surface area contributed by atoms with Crippen LogP contribution in [0.3, 0.4) is 0 Å². The molecule has 72 valence electrons. The van der Waals surface area contributed by atoms with Crippen LogP contribution in [-0.4, -0.2) is 10.1 Å². The summed E-state index contributed by atoms with van der Waals surface area (Å²) in [6, 6.07) is 5.85. The third-order valence-electron chi connectivity index (χ3n) is 1.69. The molecule has 1 aromatic heterocycles. The Hall–Kier alpha value is -0.870. The summed E-state index contributed by atoms with van der Waals surface area (Å²) in [6.45, 7) is 1.99. The number of hydrogen-bond donors (Lipinski definition) is 0. The Balaban J connectivity index is 2.51. The number of halogens is 2. The quantitative estimate of drug-likeness (QED) is 0.798. The molecule has 14 heavy (non-hydrogen) atoms. The van der Waals surface area contributed by atoms with Gasteiger partial charge in [-0.15, -0.1) is 0 Å². The van der Waals surface area contributed by atoms with E-state index in [0.29, 0.717) is 5.89 Å². The number of rotatable bonds is 1. The summed E-state index contributed by atoms with van der Waals surface area (Å²) in [7, 11) is 0. The third kappa shape index (κ3) is 1.96. The maximum absolute atomic E-state index is 5.56. The summed E-state index contributed by atoms with van der Waals surface area (Å²) < 4.78 is 5.92. The van der Waals surface area contributed by atoms with Gasteiger partial charge in [-0.25, -0.2) is 0 Å². The smallest absolute Gasteiger partial charge is 0.264 e. The third-order valence-corrected chi connectivity index (χ3v) is 2.30. The van der Waals surface area contributed by atoms with Crippen molar-refractivity contribution < 1.29 is 4.52 Å². The fourth-order valence-corrected chi connectivity index (χ4v) is 1.90. The highest BCUT2D eigenvalue weighted by molar-refractivity contribution is 9.10. The summed E-state index contributed by atoms with van der Waals surface area (Å²) in [5.74, 6) is 0.430. The van der Waals surface area contributed by atoms with Crippen LogP contribution in [0.2, 0.25) is 5.28 Å². The van der Waals surface area contributed by atoms with Gasteiger partial charge in [0, 0.05) is 10.0 Å². The Morgan fingerprint density at radius 3 is 2.71 bits per heavy atom. The molecule has 0 N–H and O–H groups in total. The summed E-state index contributed by atoms with van der Waals surface area (Å²) in [5.41, 5.74) is 1.97. The first-order valence-electron chi connectivity index (χ1n) is 3.92. The number of aromatic nitrogens is 2. The highest BCUT2D eigenvalue weighted by Crippen LogP contribution is 2.24. The van der Waals surface area contributed by atoms with Crippen molar-refractivity contribution in [2.45, 2.75) is 6.92 Å². The zero-order valence-electron chi connectivity index (χ0n) is 7.29. The lowest BCUT2D eigenvalue weighted by molar-refractivity contribution is 0.430. The molecule has 0 saturated heterocycles. The largest absolute Gasteiger partial charge is 0.333 e. The van der Waals surface area contributed by atoms with E-state index in [9.17, 15) is 0 Å². The van der Waals surface area contributed by atoms with Gasteiger partial charge in [-0.2, -0.15) is 4.98 Å². The van der Waals surface area contributed by atoms with Crippen LogP contribution in [0.4, 0.5) is 0 Å². The van der Waals surface area contributed by atoms with Crippen LogP contribution in [0, 0.1) is 6.92 Å². The first kappa shape index (κ1) is 9.68. The first-order valence-corrected chi connectivity index (χ1v) is 5.09. The van der Waals surface area contributed by atoms with E-state index in [-0.39, 0.29) is 5.28 Å². The molecule has 3 nitrogen and oxygen atoms in total. The van der Waals surface area contributed by atoms with Crippen molar-refractivity contribution in [2.75, 3.05) is 0 Å². The molecule has 5 heteroatoms. The van der Waals surface area contributed by atoms with E-state index in [0.717, 1.165) is 15.6 Å². The van der Waals surface area contributed by atoms with E-state index in [1.165, 1.54) is 0 Å². The molecular weight excluding hydrogens is 267 g/mol. The zero-order chi connectivity index (χ0) is 10.1. The summed E-state index contributed by atoms with van der Waals surface area (Å²) in [4.78, 5) is 3.93. The van der Waals surface area contributed by atoms with E-state index in [4.69, 9.17) is 16.1 Å². The zero-order valence-corrected chi connectivity index (χ0v) is 9.63. The average molecular weight is 274 g/mol. The molecular formula is C9H6BrClN2O. The molecule has 0 saturated carbocycles. The van der Waals surface area contributed by atoms with Gasteiger partial charge >= 0.3 is 0 Å². The lowest BCUT2D eigenvalue weighted by Crippen LogP contribution is -1.80. The van der Waals surface area contributed by atoms with Gasteiger partial charge in [0.15, 0.2) is 0 Å². The fourth-order valence-electron chi connectivity index (χ4n) is 1.18. The highest BCUT2D eigenvalue weighted by atomic mass is 79.9. The predicted molar refractivity (Wildman–Crippen MR) is 57.2 cm³/mol. The molecule has 2 rings (SSSR count). The standard InChI is InChI=1S/C9H6BrClN2O/c1-5-2-6(4-7(10)3-5)8-12-9(11)13-14-8/h2-4H,1H3. The van der Waals surface area contributed by atoms with Gasteiger partial charge in [0.05, 0.1) is 0 Å². The first-order chi connectivity index (χ1) is 6.65. The van der Waals surface area contributed by atoms with E-state index in [1.807, 2.05) is 25.1 Å². The van der Waals surface area contributed by atoms with Crippen molar-refractivity contribution >= 4 is 27.5 Å². The lowest BCUT2D eigenvalue weighted by atomic mass is 10.1. The number of nitrogens with zero attached hydrogens (tertiary/aromatic N) is 2. The number of aryl methyl sites for hydroxylation is 1. The summed E-state index contributed by atoms with van der Waals surface area (Å²) in [5, 5.41) is 3.64. The normalized spacial score (nSPS) is 10.5. The lowest BCUT2D eigenvalue weighted by Gasteiger charge is -1.98. The minimum atomic E-state index is 0.123. The van der Waals surface area contributed by atoms with Crippen LogP contribution in [0.1, 0.15) is 5.56 Å². The van der Waals surface area contributed by atoms with Gasteiger partial charge in [-0.05, 0) is 47.4 Å². The maximum atomic E-state index is 5.56. The second-order valence-corrected chi connectivity index (χ2v) is 4.14. The molecule has 0 fully saturated rings. The SMILES string of the molecule is Cc1cc(Br)cc(-c2nc(Cl)no2)c1. The predicted octanol–water partition coefficient (Wildman–Crippen LogP) is 3.46. The maximum Gasteiger partial charge on any atom is 0.264 e. The van der Waals surface area contributed by atoms with Crippen molar-refractivity contribution in [3.8, 4) is 11.5 Å². The van der Waals surface area contributed by atoms with Crippen molar-refractivity contribution in [3.05, 3.63) is 33.5 Å². The van der Waals surface area contributed by atoms with Crippen LogP contribution in [-0.2, 0) is 0 Å². The fraction of sp³-hybridized carbons (Fsp3) is 0.111. The van der Waals surface area contributed by atoms with Gasteiger partial charge in [0.25, 0.3) is 11.2 Å². The molecule has 0 aliphatic carbocycles. The van der Waals surface area contributed by atoms with Gasteiger partial charge in [-0.3, -0.25) is 0 Å². The topological polar surface area (TPSA) is 38.9 Å². The molecule has 0 aliphatic rings. The average Bonchev–Trinajstić information content (AvgIpc) is 2.50. The van der Waals surface area contributed by atoms with Crippen LogP contribution in [0.25, 0.3) is 11.5 Å². The van der Waals surface area contributed by atoms with Crippen molar-refractivity contribution in [2.24, 2.45) is 0 Å². The molecule has 1 aromatic carbocycles. The van der Waals surface area contributed by atoms with E-state index in [2.05, 4.69) is 26.1 Å². The van der Waals surface area contributed by atoms with Crippen molar-refractivity contribution in [3.63, 3.8) is 0 Å². The van der Waals surface area contributed by atoms with Crippen molar-refractivity contribution in [1.82, 2.24) is 10.1 Å². The molecule has 0 amide bonds. The van der Waals surface area contributed by atoms with Gasteiger partial charge in [0.2, 0.25) is 0 Å². The van der Waals surface area contributed by atoms with Crippen LogP contribution < -0.4 is 0 Å². The molecule has 0 unspecified atom stereocenters. The van der Waals surface area contributed by atoms with Crippen LogP contribution in [0.5, 0.6) is 0 Å². The minimum Gasteiger partial charge on any atom is -0.333 e. The second kappa shape index (κ2) is 3.71. The van der Waals surface area contributed by atoms with E-state index in [1.54, 1.807) is 0 Å². The Bertz CT molecular complexity index is 449. The van der Waals surface area contributed by atoms with Crippen LogP contribution >= 0.6 is 27.5 Å². The van der Waals surface area contributed by atoms with Crippen molar-refractivity contribution in [1.29, 1.82) is 0 Å². The Morgan fingerprint density at radius 1 is 1.36 bits per heavy atom. The molecule has 1 heterocycles. The monoisotopic (exact) mass is 272 g/mol. The number of hydrogen-bond acceptors (Lipinski definition) is 3. The minimum absolute atomic E-state index is 0.123. The number of benzene rings is 1. The molecule has 0 spiro atoms. The van der Waals surface area contributed by atoms with E-state index < -0.39 is 0 Å². The van der Waals surface area contributed by atoms with Gasteiger partial charge < -0.3 is 4.52 Å². The molecule has 0 radical (unpaired) electrons. The Labute approximate surface area is 94.2 Å². The molecule has 2 aromatic rings. The van der Waals surface area contributed by atoms with Gasteiger partial charge in [-0.1, -0.05) is 15.9 Å². The van der Waals surface area contributed by atoms with E-state index >= 15 is 0 Å². The molecule has 0 aliphatic heterocycles.